The summed E-state index contributed by atoms with van der Waals surface area (Å²) < 4.78 is 0.989. The predicted octanol–water partition coefficient (Wildman–Crippen LogP) is 2.62. The largest absolute Gasteiger partial charge is 0.480 e. The smallest absolute Gasteiger partial charge is 0.324 e. The molecule has 1 atom stereocenters. The lowest BCUT2D eigenvalue weighted by Crippen LogP contribution is -2.49. The van der Waals surface area contributed by atoms with Crippen molar-refractivity contribution >= 4 is 34.3 Å². The number of carboxylic acid groups (broad SMARTS) is 1. The first-order valence-corrected chi connectivity index (χ1v) is 6.15. The van der Waals surface area contributed by atoms with Crippen LogP contribution in [-0.4, -0.2) is 23.2 Å². The Kier molecular flexibility index (Phi) is 4.98. The van der Waals surface area contributed by atoms with Gasteiger partial charge in [0.2, 0.25) is 0 Å². The van der Waals surface area contributed by atoms with E-state index in [1.165, 1.54) is 0 Å². The molecular formula is C12H15BrClNO2. The van der Waals surface area contributed by atoms with E-state index in [9.17, 15) is 9.90 Å². The van der Waals surface area contributed by atoms with Crippen LogP contribution in [0.1, 0.15) is 18.4 Å². The molecule has 0 spiro atoms. The molecule has 1 saturated heterocycles. The highest BCUT2D eigenvalue weighted by atomic mass is 79.9. The van der Waals surface area contributed by atoms with Crippen LogP contribution in [0.2, 0.25) is 0 Å². The van der Waals surface area contributed by atoms with Crippen molar-refractivity contribution in [3.63, 3.8) is 0 Å². The summed E-state index contributed by atoms with van der Waals surface area (Å²) in [4.78, 5) is 11.3. The summed E-state index contributed by atoms with van der Waals surface area (Å²) in [5.41, 5.74) is 0.284. The van der Waals surface area contributed by atoms with Gasteiger partial charge in [-0.05, 0) is 37.1 Å². The topological polar surface area (TPSA) is 49.3 Å². The van der Waals surface area contributed by atoms with Crippen molar-refractivity contribution in [1.82, 2.24) is 5.32 Å². The van der Waals surface area contributed by atoms with Gasteiger partial charge in [-0.2, -0.15) is 0 Å². The standard InChI is InChI=1S/C12H14BrNO2.ClH/c13-10-4-1-3-9(7-10)8-12(11(15)16)5-2-6-14-12;/h1,3-4,7,14H,2,5-6,8H2,(H,15,16);1H/t12-;/m1./s1. The number of carboxylic acids is 1. The van der Waals surface area contributed by atoms with Crippen molar-refractivity contribution in [1.29, 1.82) is 0 Å². The third kappa shape index (κ3) is 3.21. The molecule has 3 nitrogen and oxygen atoms in total. The Bertz CT molecular complexity index is 405. The minimum atomic E-state index is -0.763. The molecule has 1 aliphatic heterocycles. The lowest BCUT2D eigenvalue weighted by molar-refractivity contribution is -0.144. The summed E-state index contributed by atoms with van der Waals surface area (Å²) in [6.45, 7) is 0.792. The summed E-state index contributed by atoms with van der Waals surface area (Å²) in [7, 11) is 0. The molecule has 1 aliphatic rings. The highest BCUT2D eigenvalue weighted by Crippen LogP contribution is 2.25. The van der Waals surface area contributed by atoms with E-state index < -0.39 is 11.5 Å². The van der Waals surface area contributed by atoms with Crippen LogP contribution < -0.4 is 5.32 Å². The number of rotatable bonds is 3. The number of hydrogen-bond donors (Lipinski definition) is 2. The normalized spacial score (nSPS) is 23.1. The van der Waals surface area contributed by atoms with E-state index in [-0.39, 0.29) is 12.4 Å². The van der Waals surface area contributed by atoms with Gasteiger partial charge in [-0.25, -0.2) is 0 Å². The van der Waals surface area contributed by atoms with Gasteiger partial charge in [0.05, 0.1) is 0 Å². The lowest BCUT2D eigenvalue weighted by atomic mass is 9.89. The Morgan fingerprint density at radius 3 is 2.82 bits per heavy atom. The lowest BCUT2D eigenvalue weighted by Gasteiger charge is -2.24. The highest BCUT2D eigenvalue weighted by molar-refractivity contribution is 9.10. The van der Waals surface area contributed by atoms with E-state index in [0.29, 0.717) is 12.8 Å². The molecule has 94 valence electrons. The molecule has 0 unspecified atom stereocenters. The summed E-state index contributed by atoms with van der Waals surface area (Å²) in [6, 6.07) is 7.82. The molecule has 0 bridgehead atoms. The number of hydrogen-bond acceptors (Lipinski definition) is 2. The van der Waals surface area contributed by atoms with Crippen LogP contribution in [0.4, 0.5) is 0 Å². The van der Waals surface area contributed by atoms with Crippen LogP contribution in [-0.2, 0) is 11.2 Å². The molecule has 0 aromatic heterocycles. The van der Waals surface area contributed by atoms with Crippen LogP contribution in [0, 0.1) is 0 Å². The summed E-state index contributed by atoms with van der Waals surface area (Å²) in [5.74, 6) is -0.745. The van der Waals surface area contributed by atoms with Gasteiger partial charge in [0.15, 0.2) is 0 Å². The monoisotopic (exact) mass is 319 g/mol. The van der Waals surface area contributed by atoms with Gasteiger partial charge >= 0.3 is 5.97 Å². The molecule has 1 aromatic rings. The third-order valence-electron chi connectivity index (χ3n) is 3.05. The Balaban J connectivity index is 0.00000144. The summed E-state index contributed by atoms with van der Waals surface area (Å²) >= 11 is 3.40. The molecule has 2 N–H and O–H groups in total. The number of carbonyl (C=O) groups is 1. The second-order valence-electron chi connectivity index (χ2n) is 4.22. The average molecular weight is 321 g/mol. The SMILES string of the molecule is Cl.O=C(O)[C@]1(Cc2cccc(Br)c2)CCCN1. The van der Waals surface area contributed by atoms with Gasteiger partial charge in [-0.3, -0.25) is 4.79 Å². The first-order chi connectivity index (χ1) is 7.62. The maximum absolute atomic E-state index is 11.3. The van der Waals surface area contributed by atoms with E-state index in [1.54, 1.807) is 0 Å². The van der Waals surface area contributed by atoms with Crippen LogP contribution in [0.25, 0.3) is 0 Å². The fourth-order valence-electron chi connectivity index (χ4n) is 2.21. The first kappa shape index (κ1) is 14.5. The van der Waals surface area contributed by atoms with E-state index in [0.717, 1.165) is 23.0 Å². The minimum absolute atomic E-state index is 0. The van der Waals surface area contributed by atoms with Crippen LogP contribution in [0.3, 0.4) is 0 Å². The van der Waals surface area contributed by atoms with Crippen molar-refractivity contribution < 1.29 is 9.90 Å². The first-order valence-electron chi connectivity index (χ1n) is 5.35. The van der Waals surface area contributed by atoms with E-state index in [4.69, 9.17) is 0 Å². The fraction of sp³-hybridized carbons (Fsp3) is 0.417. The second kappa shape index (κ2) is 5.85. The van der Waals surface area contributed by atoms with Crippen LogP contribution in [0.15, 0.2) is 28.7 Å². The Morgan fingerprint density at radius 2 is 2.29 bits per heavy atom. The predicted molar refractivity (Wildman–Crippen MR) is 72.7 cm³/mol. The number of benzene rings is 1. The maximum Gasteiger partial charge on any atom is 0.324 e. The van der Waals surface area contributed by atoms with Crippen molar-refractivity contribution in [3.05, 3.63) is 34.3 Å². The van der Waals surface area contributed by atoms with E-state index >= 15 is 0 Å². The van der Waals surface area contributed by atoms with Gasteiger partial charge in [0.25, 0.3) is 0 Å². The zero-order valence-electron chi connectivity index (χ0n) is 9.28. The van der Waals surface area contributed by atoms with Gasteiger partial charge in [0.1, 0.15) is 5.54 Å². The number of nitrogens with one attached hydrogen (secondary N) is 1. The zero-order chi connectivity index (χ0) is 11.6. The highest BCUT2D eigenvalue weighted by Gasteiger charge is 2.40. The Hall–Kier alpha value is -0.580. The van der Waals surface area contributed by atoms with Crippen molar-refractivity contribution in [2.24, 2.45) is 0 Å². The van der Waals surface area contributed by atoms with Gasteiger partial charge in [0, 0.05) is 10.9 Å². The van der Waals surface area contributed by atoms with Crippen molar-refractivity contribution in [3.8, 4) is 0 Å². The van der Waals surface area contributed by atoms with Crippen molar-refractivity contribution in [2.45, 2.75) is 24.8 Å². The maximum atomic E-state index is 11.3. The Morgan fingerprint density at radius 1 is 1.53 bits per heavy atom. The molecule has 2 rings (SSSR count). The molecule has 1 fully saturated rings. The van der Waals surface area contributed by atoms with Gasteiger partial charge < -0.3 is 10.4 Å². The molecule has 1 aromatic carbocycles. The molecule has 17 heavy (non-hydrogen) atoms. The second-order valence-corrected chi connectivity index (χ2v) is 5.14. The average Bonchev–Trinajstić information content (AvgIpc) is 2.67. The van der Waals surface area contributed by atoms with Crippen molar-refractivity contribution in [2.75, 3.05) is 6.54 Å². The summed E-state index contributed by atoms with van der Waals surface area (Å²) in [6.07, 6.45) is 2.18. The molecule has 0 aliphatic carbocycles. The van der Waals surface area contributed by atoms with E-state index in [2.05, 4.69) is 21.2 Å². The van der Waals surface area contributed by atoms with Crippen LogP contribution >= 0.6 is 28.3 Å². The summed E-state index contributed by atoms with van der Waals surface area (Å²) in [5, 5.41) is 12.4. The molecule has 0 amide bonds. The van der Waals surface area contributed by atoms with Gasteiger partial charge in [-0.15, -0.1) is 12.4 Å². The molecule has 0 radical (unpaired) electrons. The number of halogens is 2. The molecule has 0 saturated carbocycles. The zero-order valence-corrected chi connectivity index (χ0v) is 11.7. The Labute approximate surface area is 115 Å². The molecule has 1 heterocycles. The third-order valence-corrected chi connectivity index (χ3v) is 3.54. The minimum Gasteiger partial charge on any atom is -0.480 e. The molecular weight excluding hydrogens is 305 g/mol. The quantitative estimate of drug-likeness (QED) is 0.900. The van der Waals surface area contributed by atoms with Gasteiger partial charge in [-0.1, -0.05) is 28.1 Å². The van der Waals surface area contributed by atoms with E-state index in [1.807, 2.05) is 24.3 Å². The molecule has 5 heteroatoms. The number of aliphatic carboxylic acids is 1. The fourth-order valence-corrected chi connectivity index (χ4v) is 2.66. The van der Waals surface area contributed by atoms with Crippen LogP contribution in [0.5, 0.6) is 0 Å².